The van der Waals surface area contributed by atoms with Gasteiger partial charge in [-0.1, -0.05) is 0 Å². The predicted molar refractivity (Wildman–Crippen MR) is 90.4 cm³/mol. The Bertz CT molecular complexity index is 704. The lowest BCUT2D eigenvalue weighted by Gasteiger charge is -2.24. The molecule has 1 atom stereocenters. The van der Waals surface area contributed by atoms with Crippen molar-refractivity contribution in [2.45, 2.75) is 32.7 Å². The smallest absolute Gasteiger partial charge is 0.223 e. The van der Waals surface area contributed by atoms with Crippen molar-refractivity contribution in [3.05, 3.63) is 47.5 Å². The lowest BCUT2D eigenvalue weighted by molar-refractivity contribution is -0.126. The Morgan fingerprint density at radius 3 is 2.67 bits per heavy atom. The van der Waals surface area contributed by atoms with E-state index in [1.807, 2.05) is 13.8 Å². The van der Waals surface area contributed by atoms with Crippen LogP contribution in [0.4, 0.5) is 4.39 Å². The monoisotopic (exact) mass is 330 g/mol. The van der Waals surface area contributed by atoms with Crippen molar-refractivity contribution in [2.75, 3.05) is 13.1 Å². The Labute approximate surface area is 141 Å². The Hall–Kier alpha value is -2.21. The molecule has 0 spiro atoms. The lowest BCUT2D eigenvalue weighted by Crippen LogP contribution is -2.39. The van der Waals surface area contributed by atoms with Gasteiger partial charge >= 0.3 is 0 Å². The minimum Gasteiger partial charge on any atom is -0.349 e. The second-order valence-corrected chi connectivity index (χ2v) is 6.33. The van der Waals surface area contributed by atoms with Crippen LogP contribution in [-0.4, -0.2) is 28.8 Å². The number of hydrogen-bond donors (Lipinski definition) is 2. The molecule has 1 amide bonds. The second kappa shape index (κ2) is 7.13. The summed E-state index contributed by atoms with van der Waals surface area (Å²) >= 11 is 0. The summed E-state index contributed by atoms with van der Waals surface area (Å²) in [6, 6.07) is 6.10. The van der Waals surface area contributed by atoms with Crippen molar-refractivity contribution in [3.63, 3.8) is 0 Å². The van der Waals surface area contributed by atoms with E-state index < -0.39 is 0 Å². The standard InChI is InChI=1S/C18H23FN4O/c1-12(22-18(24)14-7-9-20-10-8-14)17-11-21-23(13(17)2)16-5-3-15(19)4-6-16/h3-6,11-12,14,20H,7-10H2,1-2H3,(H,22,24). The van der Waals surface area contributed by atoms with E-state index in [2.05, 4.69) is 15.7 Å². The first-order chi connectivity index (χ1) is 11.6. The van der Waals surface area contributed by atoms with Crippen LogP contribution in [0.2, 0.25) is 0 Å². The topological polar surface area (TPSA) is 59.0 Å². The van der Waals surface area contributed by atoms with Crippen LogP contribution in [0, 0.1) is 18.7 Å². The Morgan fingerprint density at radius 2 is 2.00 bits per heavy atom. The average molecular weight is 330 g/mol. The van der Waals surface area contributed by atoms with Gasteiger partial charge in [0.2, 0.25) is 5.91 Å². The number of piperidine rings is 1. The first-order valence-electron chi connectivity index (χ1n) is 8.38. The van der Waals surface area contributed by atoms with Gasteiger partial charge in [0.05, 0.1) is 17.9 Å². The molecule has 2 aromatic rings. The van der Waals surface area contributed by atoms with Crippen LogP contribution in [0.3, 0.4) is 0 Å². The molecule has 128 valence electrons. The lowest BCUT2D eigenvalue weighted by atomic mass is 9.96. The van der Waals surface area contributed by atoms with Crippen molar-refractivity contribution in [1.29, 1.82) is 0 Å². The average Bonchev–Trinajstić information content (AvgIpc) is 2.98. The van der Waals surface area contributed by atoms with Crippen LogP contribution in [0.25, 0.3) is 5.69 Å². The van der Waals surface area contributed by atoms with E-state index in [9.17, 15) is 9.18 Å². The van der Waals surface area contributed by atoms with Crippen LogP contribution in [0.1, 0.15) is 37.1 Å². The number of aromatic nitrogens is 2. The van der Waals surface area contributed by atoms with E-state index in [-0.39, 0.29) is 23.7 Å². The van der Waals surface area contributed by atoms with Crippen molar-refractivity contribution in [3.8, 4) is 5.69 Å². The van der Waals surface area contributed by atoms with Crippen molar-refractivity contribution >= 4 is 5.91 Å². The molecule has 0 bridgehead atoms. The molecule has 1 aromatic heterocycles. The molecular weight excluding hydrogens is 307 g/mol. The van der Waals surface area contributed by atoms with Gasteiger partial charge in [-0.15, -0.1) is 0 Å². The zero-order chi connectivity index (χ0) is 17.1. The van der Waals surface area contributed by atoms with Gasteiger partial charge in [-0.2, -0.15) is 5.10 Å². The third-order valence-corrected chi connectivity index (χ3v) is 4.65. The molecule has 0 saturated carbocycles. The highest BCUT2D eigenvalue weighted by Gasteiger charge is 2.23. The van der Waals surface area contributed by atoms with Gasteiger partial charge in [-0.25, -0.2) is 9.07 Å². The quantitative estimate of drug-likeness (QED) is 0.905. The number of carbonyl (C=O) groups is 1. The van der Waals surface area contributed by atoms with E-state index in [1.54, 1.807) is 23.0 Å². The summed E-state index contributed by atoms with van der Waals surface area (Å²) in [5.74, 6) is -0.0783. The highest BCUT2D eigenvalue weighted by atomic mass is 19.1. The maximum absolute atomic E-state index is 13.1. The number of rotatable bonds is 4. The summed E-state index contributed by atoms with van der Waals surface area (Å²) in [6.07, 6.45) is 3.53. The van der Waals surface area contributed by atoms with E-state index in [1.165, 1.54) is 12.1 Å². The van der Waals surface area contributed by atoms with Crippen LogP contribution < -0.4 is 10.6 Å². The molecule has 1 aliphatic heterocycles. The van der Waals surface area contributed by atoms with Gasteiger partial charge < -0.3 is 10.6 Å². The first-order valence-corrected chi connectivity index (χ1v) is 8.38. The summed E-state index contributed by atoms with van der Waals surface area (Å²) in [6.45, 7) is 5.72. The van der Waals surface area contributed by atoms with Gasteiger partial charge in [0.25, 0.3) is 0 Å². The van der Waals surface area contributed by atoms with Gasteiger partial charge in [-0.3, -0.25) is 4.79 Å². The largest absolute Gasteiger partial charge is 0.349 e. The normalized spacial score (nSPS) is 16.8. The molecule has 1 aliphatic rings. The van der Waals surface area contributed by atoms with Crippen LogP contribution >= 0.6 is 0 Å². The van der Waals surface area contributed by atoms with Gasteiger partial charge in [0.15, 0.2) is 0 Å². The highest BCUT2D eigenvalue weighted by molar-refractivity contribution is 5.79. The minimum atomic E-state index is -0.272. The first kappa shape index (κ1) is 16.6. The number of nitrogens with one attached hydrogen (secondary N) is 2. The van der Waals surface area contributed by atoms with Crippen molar-refractivity contribution in [2.24, 2.45) is 5.92 Å². The molecule has 0 aliphatic carbocycles. The minimum absolute atomic E-state index is 0.0844. The predicted octanol–water partition coefficient (Wildman–Crippen LogP) is 2.50. The molecule has 1 saturated heterocycles. The molecule has 2 heterocycles. The Kier molecular flexibility index (Phi) is 4.94. The number of benzene rings is 1. The third kappa shape index (κ3) is 3.48. The summed E-state index contributed by atoms with van der Waals surface area (Å²) in [5, 5.41) is 10.8. The summed E-state index contributed by atoms with van der Waals surface area (Å²) in [7, 11) is 0. The molecule has 1 fully saturated rings. The molecule has 5 nitrogen and oxygen atoms in total. The fraction of sp³-hybridized carbons (Fsp3) is 0.444. The SMILES string of the molecule is Cc1c(C(C)NC(=O)C2CCNCC2)cnn1-c1ccc(F)cc1. The molecular formula is C18H23FN4O. The Morgan fingerprint density at radius 1 is 1.33 bits per heavy atom. The third-order valence-electron chi connectivity index (χ3n) is 4.65. The van der Waals surface area contributed by atoms with Crippen molar-refractivity contribution < 1.29 is 9.18 Å². The van der Waals surface area contributed by atoms with Gasteiger partial charge in [-0.05, 0) is 64.0 Å². The van der Waals surface area contributed by atoms with Crippen LogP contribution in [0.5, 0.6) is 0 Å². The van der Waals surface area contributed by atoms with E-state index in [0.29, 0.717) is 0 Å². The number of nitrogens with zero attached hydrogens (tertiary/aromatic N) is 2. The Balaban J connectivity index is 1.72. The summed E-state index contributed by atoms with van der Waals surface area (Å²) < 4.78 is 14.8. The molecule has 1 aromatic carbocycles. The molecule has 1 unspecified atom stereocenters. The van der Waals surface area contributed by atoms with Crippen molar-refractivity contribution in [1.82, 2.24) is 20.4 Å². The summed E-state index contributed by atoms with van der Waals surface area (Å²) in [5.41, 5.74) is 2.72. The number of carbonyl (C=O) groups excluding carboxylic acids is 1. The maximum atomic E-state index is 13.1. The highest BCUT2D eigenvalue weighted by Crippen LogP contribution is 2.21. The maximum Gasteiger partial charge on any atom is 0.223 e. The van der Waals surface area contributed by atoms with Crippen LogP contribution in [-0.2, 0) is 4.79 Å². The molecule has 2 N–H and O–H groups in total. The zero-order valence-electron chi connectivity index (χ0n) is 14.1. The number of hydrogen-bond acceptors (Lipinski definition) is 3. The van der Waals surface area contributed by atoms with Crippen LogP contribution in [0.15, 0.2) is 30.5 Å². The molecule has 3 rings (SSSR count). The fourth-order valence-electron chi connectivity index (χ4n) is 3.18. The molecule has 0 radical (unpaired) electrons. The molecule has 24 heavy (non-hydrogen) atoms. The van der Waals surface area contributed by atoms with Gasteiger partial charge in [0, 0.05) is 17.2 Å². The molecule has 6 heteroatoms. The number of amides is 1. The van der Waals surface area contributed by atoms with E-state index in [0.717, 1.165) is 42.9 Å². The zero-order valence-corrected chi connectivity index (χ0v) is 14.1. The second-order valence-electron chi connectivity index (χ2n) is 6.33. The fourth-order valence-corrected chi connectivity index (χ4v) is 3.18. The van der Waals surface area contributed by atoms with Gasteiger partial charge in [0.1, 0.15) is 5.82 Å². The van der Waals surface area contributed by atoms with E-state index >= 15 is 0 Å². The number of halogens is 1. The summed E-state index contributed by atoms with van der Waals surface area (Å²) in [4.78, 5) is 12.4. The van der Waals surface area contributed by atoms with E-state index in [4.69, 9.17) is 0 Å².